The summed E-state index contributed by atoms with van der Waals surface area (Å²) in [6.07, 6.45) is 0. The van der Waals surface area contributed by atoms with Crippen molar-refractivity contribution in [2.75, 3.05) is 4.90 Å². The van der Waals surface area contributed by atoms with Crippen LogP contribution in [-0.2, 0) is 6.54 Å². The molecule has 106 valence electrons. The Morgan fingerprint density at radius 3 is 2.62 bits per heavy atom. The van der Waals surface area contributed by atoms with Crippen molar-refractivity contribution in [1.29, 1.82) is 0 Å². The van der Waals surface area contributed by atoms with Crippen LogP contribution in [0.15, 0.2) is 36.4 Å². The Balaban J connectivity index is 2.02. The number of benzene rings is 2. The molecule has 0 fully saturated rings. The predicted octanol–water partition coefficient (Wildman–Crippen LogP) is 2.22. The van der Waals surface area contributed by atoms with Gasteiger partial charge in [0.25, 0.3) is 11.8 Å². The second-order valence-corrected chi connectivity index (χ2v) is 4.72. The number of fused-ring (bicyclic) bond motifs is 1. The lowest BCUT2D eigenvalue weighted by molar-refractivity contribution is 0.0985. The molecular formula is C15H10F2N2O2. The fraction of sp³-hybridized carbons (Fsp3) is 0.0667. The summed E-state index contributed by atoms with van der Waals surface area (Å²) in [5.74, 6) is -2.56. The lowest BCUT2D eigenvalue weighted by Crippen LogP contribution is -2.24. The Hall–Kier alpha value is -2.76. The van der Waals surface area contributed by atoms with E-state index in [0.717, 1.165) is 12.1 Å². The molecule has 3 rings (SSSR count). The fourth-order valence-electron chi connectivity index (χ4n) is 2.35. The van der Waals surface area contributed by atoms with E-state index < -0.39 is 23.4 Å². The molecule has 0 spiro atoms. The van der Waals surface area contributed by atoms with Crippen molar-refractivity contribution in [3.05, 3.63) is 64.7 Å². The molecule has 0 saturated heterocycles. The van der Waals surface area contributed by atoms with E-state index in [1.165, 1.54) is 29.2 Å². The number of carbonyl (C=O) groups is 2. The second-order valence-electron chi connectivity index (χ2n) is 4.72. The molecule has 2 N–H and O–H groups in total. The van der Waals surface area contributed by atoms with Crippen molar-refractivity contribution in [2.45, 2.75) is 6.54 Å². The van der Waals surface area contributed by atoms with Gasteiger partial charge in [0.1, 0.15) is 11.6 Å². The average molecular weight is 288 g/mol. The number of carbonyl (C=O) groups excluding carboxylic acids is 2. The third-order valence-corrected chi connectivity index (χ3v) is 3.40. The number of amides is 2. The van der Waals surface area contributed by atoms with Gasteiger partial charge in [-0.25, -0.2) is 8.78 Å². The standard InChI is InChI=1S/C15H10F2N2O2/c16-9-2-1-8-7-19(15(21)11(8)5-9)10-3-4-13(17)12(6-10)14(18)20/h1-6H,7H2,(H2,18,20). The van der Waals surface area contributed by atoms with E-state index >= 15 is 0 Å². The summed E-state index contributed by atoms with van der Waals surface area (Å²) in [7, 11) is 0. The van der Waals surface area contributed by atoms with Crippen LogP contribution in [0, 0.1) is 11.6 Å². The third kappa shape index (κ3) is 2.14. The molecule has 0 radical (unpaired) electrons. The first-order valence-corrected chi connectivity index (χ1v) is 6.17. The van der Waals surface area contributed by atoms with E-state index in [0.29, 0.717) is 11.3 Å². The molecule has 21 heavy (non-hydrogen) atoms. The molecule has 1 aliphatic heterocycles. The maximum absolute atomic E-state index is 13.5. The number of hydrogen-bond acceptors (Lipinski definition) is 2. The molecule has 0 saturated carbocycles. The predicted molar refractivity (Wildman–Crippen MR) is 71.8 cm³/mol. The highest BCUT2D eigenvalue weighted by molar-refractivity contribution is 6.10. The summed E-state index contributed by atoms with van der Waals surface area (Å²) >= 11 is 0. The van der Waals surface area contributed by atoms with Crippen LogP contribution < -0.4 is 10.6 Å². The van der Waals surface area contributed by atoms with Gasteiger partial charge in [-0.15, -0.1) is 0 Å². The number of rotatable bonds is 2. The van der Waals surface area contributed by atoms with Gasteiger partial charge in [-0.1, -0.05) is 6.07 Å². The highest BCUT2D eigenvalue weighted by Crippen LogP contribution is 2.29. The smallest absolute Gasteiger partial charge is 0.259 e. The van der Waals surface area contributed by atoms with Crippen molar-refractivity contribution in [1.82, 2.24) is 0 Å². The van der Waals surface area contributed by atoms with E-state index in [2.05, 4.69) is 0 Å². The molecule has 6 heteroatoms. The Morgan fingerprint density at radius 1 is 1.14 bits per heavy atom. The van der Waals surface area contributed by atoms with Crippen molar-refractivity contribution in [3.63, 3.8) is 0 Å². The van der Waals surface area contributed by atoms with E-state index in [1.54, 1.807) is 0 Å². The summed E-state index contributed by atoms with van der Waals surface area (Å²) in [6, 6.07) is 7.64. The first kappa shape index (κ1) is 13.2. The van der Waals surface area contributed by atoms with Crippen LogP contribution in [0.2, 0.25) is 0 Å². The van der Waals surface area contributed by atoms with Gasteiger partial charge in [-0.05, 0) is 35.9 Å². The van der Waals surface area contributed by atoms with Gasteiger partial charge in [0.2, 0.25) is 0 Å². The number of hydrogen-bond donors (Lipinski definition) is 1. The van der Waals surface area contributed by atoms with E-state index in [1.807, 2.05) is 0 Å². The van der Waals surface area contributed by atoms with Crippen molar-refractivity contribution >= 4 is 17.5 Å². The maximum Gasteiger partial charge on any atom is 0.259 e. The summed E-state index contributed by atoms with van der Waals surface area (Å²) in [5.41, 5.74) is 6.08. The molecule has 0 bridgehead atoms. The summed E-state index contributed by atoms with van der Waals surface area (Å²) in [5, 5.41) is 0. The van der Waals surface area contributed by atoms with E-state index in [9.17, 15) is 18.4 Å². The van der Waals surface area contributed by atoms with E-state index in [4.69, 9.17) is 5.73 Å². The van der Waals surface area contributed by atoms with Gasteiger partial charge in [-0.2, -0.15) is 0 Å². The lowest BCUT2D eigenvalue weighted by atomic mass is 10.1. The Morgan fingerprint density at radius 2 is 1.90 bits per heavy atom. The number of nitrogens with zero attached hydrogens (tertiary/aromatic N) is 1. The molecule has 1 heterocycles. The average Bonchev–Trinajstić information content (AvgIpc) is 2.76. The fourth-order valence-corrected chi connectivity index (χ4v) is 2.35. The van der Waals surface area contributed by atoms with Crippen molar-refractivity contribution in [3.8, 4) is 0 Å². The minimum Gasteiger partial charge on any atom is -0.366 e. The molecule has 0 aromatic heterocycles. The van der Waals surface area contributed by atoms with Gasteiger partial charge >= 0.3 is 0 Å². The molecule has 2 aromatic carbocycles. The second kappa shape index (κ2) is 4.66. The number of nitrogens with two attached hydrogens (primary N) is 1. The molecule has 2 amide bonds. The van der Waals surface area contributed by atoms with Crippen LogP contribution in [-0.4, -0.2) is 11.8 Å². The van der Waals surface area contributed by atoms with Crippen LogP contribution in [0.3, 0.4) is 0 Å². The largest absolute Gasteiger partial charge is 0.366 e. The topological polar surface area (TPSA) is 63.4 Å². The third-order valence-electron chi connectivity index (χ3n) is 3.40. The van der Waals surface area contributed by atoms with Crippen LogP contribution in [0.25, 0.3) is 0 Å². The van der Waals surface area contributed by atoms with E-state index in [-0.39, 0.29) is 17.7 Å². The number of primary amides is 1. The molecule has 1 aliphatic rings. The molecule has 0 unspecified atom stereocenters. The van der Waals surface area contributed by atoms with Gasteiger partial charge in [0, 0.05) is 11.3 Å². The normalized spacial score (nSPS) is 13.4. The van der Waals surface area contributed by atoms with Crippen LogP contribution in [0.1, 0.15) is 26.3 Å². The highest BCUT2D eigenvalue weighted by Gasteiger charge is 2.29. The minimum absolute atomic E-state index is 0.234. The van der Waals surface area contributed by atoms with Crippen LogP contribution in [0.5, 0.6) is 0 Å². The first-order valence-electron chi connectivity index (χ1n) is 6.17. The molecular weight excluding hydrogens is 278 g/mol. The molecule has 4 nitrogen and oxygen atoms in total. The zero-order valence-corrected chi connectivity index (χ0v) is 10.8. The Kier molecular flexibility index (Phi) is 2.94. The lowest BCUT2D eigenvalue weighted by Gasteiger charge is -2.16. The van der Waals surface area contributed by atoms with Gasteiger partial charge < -0.3 is 10.6 Å². The SMILES string of the molecule is NC(=O)c1cc(N2Cc3ccc(F)cc3C2=O)ccc1F. The highest BCUT2D eigenvalue weighted by atomic mass is 19.1. The van der Waals surface area contributed by atoms with Gasteiger partial charge in [-0.3, -0.25) is 9.59 Å². The summed E-state index contributed by atoms with van der Waals surface area (Å²) in [6.45, 7) is 0.234. The monoisotopic (exact) mass is 288 g/mol. The molecule has 0 atom stereocenters. The summed E-state index contributed by atoms with van der Waals surface area (Å²) < 4.78 is 26.7. The van der Waals surface area contributed by atoms with Crippen molar-refractivity contribution in [2.24, 2.45) is 5.73 Å². The van der Waals surface area contributed by atoms with Gasteiger partial charge in [0.05, 0.1) is 12.1 Å². The first-order chi connectivity index (χ1) is 9.97. The molecule has 2 aromatic rings. The number of halogens is 2. The number of anilines is 1. The minimum atomic E-state index is -0.912. The maximum atomic E-state index is 13.5. The van der Waals surface area contributed by atoms with Crippen LogP contribution in [0.4, 0.5) is 14.5 Å². The Bertz CT molecular complexity index is 774. The molecule has 0 aliphatic carbocycles. The van der Waals surface area contributed by atoms with Gasteiger partial charge in [0.15, 0.2) is 0 Å². The summed E-state index contributed by atoms with van der Waals surface area (Å²) in [4.78, 5) is 24.8. The zero-order valence-electron chi connectivity index (χ0n) is 10.8. The van der Waals surface area contributed by atoms with Crippen molar-refractivity contribution < 1.29 is 18.4 Å². The Labute approximate surface area is 118 Å². The zero-order chi connectivity index (χ0) is 15.1. The quantitative estimate of drug-likeness (QED) is 0.921. The van der Waals surface area contributed by atoms with Crippen LogP contribution >= 0.6 is 0 Å².